The van der Waals surface area contributed by atoms with Crippen LogP contribution in [-0.2, 0) is 14.3 Å². The highest BCUT2D eigenvalue weighted by molar-refractivity contribution is 5.81. The van der Waals surface area contributed by atoms with Crippen LogP contribution < -0.4 is 10.1 Å². The van der Waals surface area contributed by atoms with Gasteiger partial charge in [-0.25, -0.2) is 0 Å². The normalized spacial score (nSPS) is 25.1. The number of rotatable bonds is 5. The predicted octanol–water partition coefficient (Wildman–Crippen LogP) is 2.60. The molecule has 0 aliphatic carbocycles. The summed E-state index contributed by atoms with van der Waals surface area (Å²) in [6.07, 6.45) is 3.74. The molecule has 1 aromatic carbocycles. The van der Waals surface area contributed by atoms with E-state index in [9.17, 15) is 4.79 Å². The van der Waals surface area contributed by atoms with Crippen molar-refractivity contribution in [1.82, 2.24) is 5.32 Å². The predicted molar refractivity (Wildman–Crippen MR) is 86.4 cm³/mol. The maximum absolute atomic E-state index is 12.4. The first-order chi connectivity index (χ1) is 11.2. The lowest BCUT2D eigenvalue weighted by atomic mass is 10.0. The SMILES string of the molecule is CC(OCC1CCCCO1)C(=O)NC1CCOc2ccccc21. The van der Waals surface area contributed by atoms with Crippen molar-refractivity contribution in [1.29, 1.82) is 0 Å². The molecule has 2 aliphatic heterocycles. The van der Waals surface area contributed by atoms with E-state index in [1.807, 2.05) is 24.3 Å². The zero-order chi connectivity index (χ0) is 16.1. The van der Waals surface area contributed by atoms with Gasteiger partial charge in [0.05, 0.1) is 25.4 Å². The third-order valence-corrected chi connectivity index (χ3v) is 4.45. The van der Waals surface area contributed by atoms with Crippen LogP contribution >= 0.6 is 0 Å². The Balaban J connectivity index is 1.50. The van der Waals surface area contributed by atoms with Crippen LogP contribution in [0, 0.1) is 0 Å². The number of amides is 1. The summed E-state index contributed by atoms with van der Waals surface area (Å²) >= 11 is 0. The van der Waals surface area contributed by atoms with Crippen molar-refractivity contribution in [3.63, 3.8) is 0 Å². The molecule has 3 unspecified atom stereocenters. The maximum Gasteiger partial charge on any atom is 0.249 e. The van der Waals surface area contributed by atoms with E-state index in [1.165, 1.54) is 6.42 Å². The first kappa shape index (κ1) is 16.3. The summed E-state index contributed by atoms with van der Waals surface area (Å²) in [4.78, 5) is 12.4. The average molecular weight is 319 g/mol. The Bertz CT molecular complexity index is 528. The van der Waals surface area contributed by atoms with Gasteiger partial charge in [0.1, 0.15) is 11.9 Å². The highest BCUT2D eigenvalue weighted by Gasteiger charge is 2.25. The maximum atomic E-state index is 12.4. The van der Waals surface area contributed by atoms with E-state index in [1.54, 1.807) is 6.92 Å². The number of fused-ring (bicyclic) bond motifs is 1. The van der Waals surface area contributed by atoms with Crippen LogP contribution in [0.2, 0.25) is 0 Å². The first-order valence-electron chi connectivity index (χ1n) is 8.49. The van der Waals surface area contributed by atoms with Crippen LogP contribution in [0.4, 0.5) is 0 Å². The molecule has 3 rings (SSSR count). The summed E-state index contributed by atoms with van der Waals surface area (Å²) in [7, 11) is 0. The van der Waals surface area contributed by atoms with Crippen LogP contribution in [0.15, 0.2) is 24.3 Å². The van der Waals surface area contributed by atoms with Gasteiger partial charge in [0.2, 0.25) is 5.91 Å². The summed E-state index contributed by atoms with van der Waals surface area (Å²) in [6.45, 7) is 3.70. The molecule has 0 aromatic heterocycles. The smallest absolute Gasteiger partial charge is 0.249 e. The number of hydrogen-bond donors (Lipinski definition) is 1. The van der Waals surface area contributed by atoms with Gasteiger partial charge in [-0.3, -0.25) is 4.79 Å². The van der Waals surface area contributed by atoms with E-state index in [4.69, 9.17) is 14.2 Å². The Morgan fingerprint density at radius 1 is 1.30 bits per heavy atom. The van der Waals surface area contributed by atoms with Gasteiger partial charge in [-0.1, -0.05) is 18.2 Å². The Kier molecular flexibility index (Phi) is 5.51. The highest BCUT2D eigenvalue weighted by Crippen LogP contribution is 2.31. The minimum absolute atomic E-state index is 0.00979. The summed E-state index contributed by atoms with van der Waals surface area (Å²) < 4.78 is 17.0. The van der Waals surface area contributed by atoms with Gasteiger partial charge >= 0.3 is 0 Å². The zero-order valence-corrected chi connectivity index (χ0v) is 13.6. The number of para-hydroxylation sites is 1. The van der Waals surface area contributed by atoms with Crippen molar-refractivity contribution in [2.75, 3.05) is 19.8 Å². The van der Waals surface area contributed by atoms with Crippen LogP contribution in [0.5, 0.6) is 5.75 Å². The number of carbonyl (C=O) groups excluding carboxylic acids is 1. The number of hydrogen-bond acceptors (Lipinski definition) is 4. The molecule has 1 saturated heterocycles. The van der Waals surface area contributed by atoms with E-state index < -0.39 is 6.10 Å². The lowest BCUT2D eigenvalue weighted by Gasteiger charge is -2.28. The first-order valence-corrected chi connectivity index (χ1v) is 8.49. The largest absolute Gasteiger partial charge is 0.493 e. The second-order valence-electron chi connectivity index (χ2n) is 6.20. The summed E-state index contributed by atoms with van der Waals surface area (Å²) in [6, 6.07) is 7.84. The van der Waals surface area contributed by atoms with Gasteiger partial charge in [-0.2, -0.15) is 0 Å². The van der Waals surface area contributed by atoms with Crippen molar-refractivity contribution in [2.45, 2.75) is 50.9 Å². The minimum Gasteiger partial charge on any atom is -0.493 e. The molecule has 0 radical (unpaired) electrons. The number of nitrogens with one attached hydrogen (secondary N) is 1. The molecule has 3 atom stereocenters. The quantitative estimate of drug-likeness (QED) is 0.906. The second-order valence-corrected chi connectivity index (χ2v) is 6.20. The zero-order valence-electron chi connectivity index (χ0n) is 13.6. The number of benzene rings is 1. The van der Waals surface area contributed by atoms with Crippen molar-refractivity contribution >= 4 is 5.91 Å². The van der Waals surface area contributed by atoms with E-state index >= 15 is 0 Å². The number of ether oxygens (including phenoxy) is 3. The molecule has 1 N–H and O–H groups in total. The van der Waals surface area contributed by atoms with Crippen LogP contribution in [0.25, 0.3) is 0 Å². The van der Waals surface area contributed by atoms with E-state index in [0.717, 1.165) is 37.2 Å². The van der Waals surface area contributed by atoms with E-state index in [2.05, 4.69) is 5.32 Å². The fourth-order valence-corrected chi connectivity index (χ4v) is 3.05. The van der Waals surface area contributed by atoms with Crippen molar-refractivity contribution in [3.8, 4) is 5.75 Å². The molecule has 1 aromatic rings. The molecule has 1 fully saturated rings. The van der Waals surface area contributed by atoms with Gasteiger partial charge in [-0.05, 0) is 32.3 Å². The molecule has 126 valence electrons. The Labute approximate surface area is 137 Å². The third-order valence-electron chi connectivity index (χ3n) is 4.45. The summed E-state index contributed by atoms with van der Waals surface area (Å²) in [5.74, 6) is 0.774. The standard InChI is InChI=1S/C18H25NO4/c1-13(23-12-14-6-4-5-10-21-14)18(20)19-16-9-11-22-17-8-3-2-7-15(16)17/h2-3,7-8,13-14,16H,4-6,9-12H2,1H3,(H,19,20). The Morgan fingerprint density at radius 3 is 3.00 bits per heavy atom. The lowest BCUT2D eigenvalue weighted by Crippen LogP contribution is -2.40. The molecular weight excluding hydrogens is 294 g/mol. The van der Waals surface area contributed by atoms with E-state index in [-0.39, 0.29) is 18.1 Å². The van der Waals surface area contributed by atoms with Gasteiger partial charge in [-0.15, -0.1) is 0 Å². The molecule has 2 aliphatic rings. The van der Waals surface area contributed by atoms with Crippen LogP contribution in [-0.4, -0.2) is 37.9 Å². The molecule has 5 nitrogen and oxygen atoms in total. The van der Waals surface area contributed by atoms with Gasteiger partial charge in [0.15, 0.2) is 0 Å². The molecule has 0 saturated carbocycles. The van der Waals surface area contributed by atoms with Gasteiger partial charge < -0.3 is 19.5 Å². The third kappa shape index (κ3) is 4.24. The van der Waals surface area contributed by atoms with Crippen molar-refractivity contribution < 1.29 is 19.0 Å². The molecule has 0 bridgehead atoms. The number of carbonyl (C=O) groups is 1. The molecule has 23 heavy (non-hydrogen) atoms. The summed E-state index contributed by atoms with van der Waals surface area (Å²) in [5, 5.41) is 3.08. The monoisotopic (exact) mass is 319 g/mol. The molecule has 2 heterocycles. The second kappa shape index (κ2) is 7.79. The van der Waals surface area contributed by atoms with Gasteiger partial charge in [0, 0.05) is 18.6 Å². The van der Waals surface area contributed by atoms with Crippen LogP contribution in [0.1, 0.15) is 44.2 Å². The minimum atomic E-state index is -0.476. The topological polar surface area (TPSA) is 56.8 Å². The molecular formula is C18H25NO4. The average Bonchev–Trinajstić information content (AvgIpc) is 2.61. The van der Waals surface area contributed by atoms with E-state index in [0.29, 0.717) is 13.2 Å². The molecule has 1 amide bonds. The summed E-state index contributed by atoms with van der Waals surface area (Å²) in [5.41, 5.74) is 1.04. The molecule has 5 heteroatoms. The highest BCUT2D eigenvalue weighted by atomic mass is 16.5. The molecule has 0 spiro atoms. The Hall–Kier alpha value is -1.59. The van der Waals surface area contributed by atoms with Crippen molar-refractivity contribution in [3.05, 3.63) is 29.8 Å². The van der Waals surface area contributed by atoms with Crippen LogP contribution in [0.3, 0.4) is 0 Å². The Morgan fingerprint density at radius 2 is 2.17 bits per heavy atom. The van der Waals surface area contributed by atoms with Crippen molar-refractivity contribution in [2.24, 2.45) is 0 Å². The fourth-order valence-electron chi connectivity index (χ4n) is 3.05. The lowest BCUT2D eigenvalue weighted by molar-refractivity contribution is -0.136. The fraction of sp³-hybridized carbons (Fsp3) is 0.611. The van der Waals surface area contributed by atoms with Gasteiger partial charge in [0.25, 0.3) is 0 Å².